The average molecular weight is 269 g/mol. The number of nitrogens with zero attached hydrogens (tertiary/aromatic N) is 4. The van der Waals surface area contributed by atoms with Crippen molar-refractivity contribution in [3.63, 3.8) is 0 Å². The third-order valence-corrected chi connectivity index (χ3v) is 3.14. The number of aromatic nitrogens is 3. The molecule has 102 valence electrons. The summed E-state index contributed by atoms with van der Waals surface area (Å²) in [4.78, 5) is 15.1. The number of rotatable bonds is 7. The van der Waals surface area contributed by atoms with Gasteiger partial charge in [-0.25, -0.2) is 0 Å². The van der Waals surface area contributed by atoms with Crippen molar-refractivity contribution in [2.45, 2.75) is 32.3 Å². The Labute approximate surface area is 114 Å². The van der Waals surface area contributed by atoms with Crippen LogP contribution in [-0.4, -0.2) is 41.3 Å². The van der Waals surface area contributed by atoms with Gasteiger partial charge in [0.05, 0.1) is 0 Å². The molecule has 0 amide bonds. The van der Waals surface area contributed by atoms with Crippen molar-refractivity contribution in [1.29, 1.82) is 0 Å². The second kappa shape index (κ2) is 7.41. The van der Waals surface area contributed by atoms with Crippen molar-refractivity contribution in [3.8, 4) is 0 Å². The highest BCUT2D eigenvalue weighted by molar-refractivity contribution is 7.99. The SMILES string of the molecule is CCNc1nc(SCCC(C)C)nc(N(C)C)n1. The van der Waals surface area contributed by atoms with Gasteiger partial charge in [-0.3, -0.25) is 0 Å². The fourth-order valence-corrected chi connectivity index (χ4v) is 2.30. The Morgan fingerprint density at radius 2 is 1.94 bits per heavy atom. The van der Waals surface area contributed by atoms with E-state index in [-0.39, 0.29) is 0 Å². The molecule has 0 saturated carbocycles. The van der Waals surface area contributed by atoms with Crippen molar-refractivity contribution in [2.24, 2.45) is 5.92 Å². The summed E-state index contributed by atoms with van der Waals surface area (Å²) in [6.07, 6.45) is 1.17. The molecule has 0 bridgehead atoms. The summed E-state index contributed by atoms with van der Waals surface area (Å²) in [5.41, 5.74) is 0. The van der Waals surface area contributed by atoms with E-state index in [0.29, 0.717) is 17.8 Å². The molecule has 0 aliphatic carbocycles. The van der Waals surface area contributed by atoms with E-state index in [1.165, 1.54) is 6.42 Å². The molecule has 0 aliphatic rings. The first-order valence-electron chi connectivity index (χ1n) is 6.33. The lowest BCUT2D eigenvalue weighted by Gasteiger charge is -2.13. The molecule has 0 aromatic carbocycles. The Hall–Kier alpha value is -1.04. The zero-order valence-corrected chi connectivity index (χ0v) is 12.7. The minimum absolute atomic E-state index is 0.656. The lowest BCUT2D eigenvalue weighted by Crippen LogP contribution is -2.15. The molecule has 5 nitrogen and oxygen atoms in total. The van der Waals surface area contributed by atoms with Gasteiger partial charge in [0, 0.05) is 26.4 Å². The Morgan fingerprint density at radius 3 is 2.50 bits per heavy atom. The van der Waals surface area contributed by atoms with Crippen LogP contribution in [0.4, 0.5) is 11.9 Å². The smallest absolute Gasteiger partial charge is 0.230 e. The highest BCUT2D eigenvalue weighted by atomic mass is 32.2. The van der Waals surface area contributed by atoms with E-state index >= 15 is 0 Å². The summed E-state index contributed by atoms with van der Waals surface area (Å²) < 4.78 is 0. The third kappa shape index (κ3) is 5.08. The fraction of sp³-hybridized carbons (Fsp3) is 0.750. The number of nitrogens with one attached hydrogen (secondary N) is 1. The van der Waals surface area contributed by atoms with E-state index in [1.807, 2.05) is 25.9 Å². The summed E-state index contributed by atoms with van der Waals surface area (Å²) in [7, 11) is 3.88. The van der Waals surface area contributed by atoms with E-state index < -0.39 is 0 Å². The van der Waals surface area contributed by atoms with Crippen molar-refractivity contribution in [2.75, 3.05) is 36.6 Å². The first-order valence-corrected chi connectivity index (χ1v) is 7.31. The minimum atomic E-state index is 0.656. The molecule has 0 atom stereocenters. The van der Waals surface area contributed by atoms with Crippen molar-refractivity contribution >= 4 is 23.7 Å². The predicted molar refractivity (Wildman–Crippen MR) is 78.5 cm³/mol. The first kappa shape index (κ1) is 15.0. The lowest BCUT2D eigenvalue weighted by molar-refractivity contribution is 0.631. The second-order valence-corrected chi connectivity index (χ2v) is 5.76. The number of anilines is 2. The molecule has 0 unspecified atom stereocenters. The van der Waals surface area contributed by atoms with Crippen LogP contribution in [0.5, 0.6) is 0 Å². The second-order valence-electron chi connectivity index (χ2n) is 4.70. The molecule has 1 aromatic rings. The maximum absolute atomic E-state index is 4.44. The Bertz CT molecular complexity index is 367. The zero-order valence-electron chi connectivity index (χ0n) is 11.9. The van der Waals surface area contributed by atoms with E-state index in [0.717, 1.165) is 17.5 Å². The van der Waals surface area contributed by atoms with E-state index in [1.54, 1.807) is 11.8 Å². The third-order valence-electron chi connectivity index (χ3n) is 2.26. The first-order chi connectivity index (χ1) is 8.52. The molecule has 0 spiro atoms. The van der Waals surface area contributed by atoms with Crippen LogP contribution in [0.2, 0.25) is 0 Å². The van der Waals surface area contributed by atoms with Crippen LogP contribution in [0.3, 0.4) is 0 Å². The van der Waals surface area contributed by atoms with Crippen LogP contribution in [0.15, 0.2) is 5.16 Å². The van der Waals surface area contributed by atoms with Crippen molar-refractivity contribution in [1.82, 2.24) is 15.0 Å². The molecule has 0 saturated heterocycles. The molecule has 18 heavy (non-hydrogen) atoms. The molecule has 1 aromatic heterocycles. The summed E-state index contributed by atoms with van der Waals surface area (Å²) in [6, 6.07) is 0. The summed E-state index contributed by atoms with van der Waals surface area (Å²) in [5, 5.41) is 3.94. The van der Waals surface area contributed by atoms with Crippen LogP contribution >= 0.6 is 11.8 Å². The largest absolute Gasteiger partial charge is 0.354 e. The summed E-state index contributed by atoms with van der Waals surface area (Å²) in [6.45, 7) is 7.30. The molecule has 0 aliphatic heterocycles. The Morgan fingerprint density at radius 1 is 1.22 bits per heavy atom. The standard InChI is InChI=1S/C12H23N5S/c1-6-13-10-14-11(17(4)5)16-12(15-10)18-8-7-9(2)3/h9H,6-8H2,1-5H3,(H,13,14,15,16). The van der Waals surface area contributed by atoms with Gasteiger partial charge in [-0.2, -0.15) is 15.0 Å². The van der Waals surface area contributed by atoms with Gasteiger partial charge in [-0.05, 0) is 19.3 Å². The van der Waals surface area contributed by atoms with Crippen molar-refractivity contribution in [3.05, 3.63) is 0 Å². The van der Waals surface area contributed by atoms with Gasteiger partial charge >= 0.3 is 0 Å². The molecule has 6 heteroatoms. The van der Waals surface area contributed by atoms with Crippen LogP contribution in [-0.2, 0) is 0 Å². The van der Waals surface area contributed by atoms with Gasteiger partial charge in [0.15, 0.2) is 5.16 Å². The fourth-order valence-electron chi connectivity index (χ4n) is 1.23. The summed E-state index contributed by atoms with van der Waals surface area (Å²) >= 11 is 1.69. The van der Waals surface area contributed by atoms with Gasteiger partial charge in [0.2, 0.25) is 11.9 Å². The number of hydrogen-bond donors (Lipinski definition) is 1. The molecule has 1 rings (SSSR count). The minimum Gasteiger partial charge on any atom is -0.354 e. The molecular formula is C12H23N5S. The lowest BCUT2D eigenvalue weighted by atomic mass is 10.2. The van der Waals surface area contributed by atoms with Gasteiger partial charge in [0.25, 0.3) is 0 Å². The monoisotopic (exact) mass is 269 g/mol. The molecule has 1 N–H and O–H groups in total. The Kier molecular flexibility index (Phi) is 6.18. The molecule has 1 heterocycles. The average Bonchev–Trinajstić information content (AvgIpc) is 2.28. The summed E-state index contributed by atoms with van der Waals surface area (Å²) in [5.74, 6) is 3.11. The number of thioether (sulfide) groups is 1. The Balaban J connectivity index is 2.75. The highest BCUT2D eigenvalue weighted by Gasteiger charge is 2.08. The zero-order chi connectivity index (χ0) is 13.5. The maximum atomic E-state index is 4.44. The van der Waals surface area contributed by atoms with Crippen molar-refractivity contribution < 1.29 is 0 Å². The van der Waals surface area contributed by atoms with E-state index in [9.17, 15) is 0 Å². The molecule has 0 fully saturated rings. The van der Waals surface area contributed by atoms with E-state index in [2.05, 4.69) is 34.1 Å². The van der Waals surface area contributed by atoms with Crippen LogP contribution in [0.25, 0.3) is 0 Å². The van der Waals surface area contributed by atoms with E-state index in [4.69, 9.17) is 0 Å². The number of hydrogen-bond acceptors (Lipinski definition) is 6. The molecular weight excluding hydrogens is 246 g/mol. The van der Waals surface area contributed by atoms with Gasteiger partial charge in [-0.15, -0.1) is 0 Å². The van der Waals surface area contributed by atoms with Crippen LogP contribution < -0.4 is 10.2 Å². The molecule has 0 radical (unpaired) electrons. The quantitative estimate of drug-likeness (QED) is 0.768. The van der Waals surface area contributed by atoms with Gasteiger partial charge in [0.1, 0.15) is 0 Å². The highest BCUT2D eigenvalue weighted by Crippen LogP contribution is 2.19. The predicted octanol–water partition coefficient (Wildman–Crippen LogP) is 2.51. The topological polar surface area (TPSA) is 53.9 Å². The maximum Gasteiger partial charge on any atom is 0.230 e. The van der Waals surface area contributed by atoms with Crippen LogP contribution in [0, 0.1) is 5.92 Å². The van der Waals surface area contributed by atoms with Gasteiger partial charge < -0.3 is 10.2 Å². The van der Waals surface area contributed by atoms with Crippen LogP contribution in [0.1, 0.15) is 27.2 Å². The van der Waals surface area contributed by atoms with Gasteiger partial charge in [-0.1, -0.05) is 25.6 Å². The normalized spacial score (nSPS) is 10.8.